The molecule has 0 bridgehead atoms. The van der Waals surface area contributed by atoms with E-state index in [-0.39, 0.29) is 17.0 Å². The Labute approximate surface area is 120 Å². The highest BCUT2D eigenvalue weighted by Crippen LogP contribution is 2.24. The van der Waals surface area contributed by atoms with Gasteiger partial charge in [0, 0.05) is 25.2 Å². The molecule has 1 fully saturated rings. The van der Waals surface area contributed by atoms with Gasteiger partial charge in [0.2, 0.25) is 10.0 Å². The summed E-state index contributed by atoms with van der Waals surface area (Å²) in [5.74, 6) is 0. The first-order chi connectivity index (χ1) is 9.36. The normalized spacial score (nSPS) is 24.3. The molecule has 2 atom stereocenters. The largest absolute Gasteiger partial charge is 0.311 e. The second-order valence-corrected chi connectivity index (χ2v) is 7.18. The lowest BCUT2D eigenvalue weighted by atomic mass is 10.2. The smallest absolute Gasteiger partial charge is 0.243 e. The molecule has 1 heterocycles. The van der Waals surface area contributed by atoms with Crippen molar-refractivity contribution in [1.29, 1.82) is 5.26 Å². The van der Waals surface area contributed by atoms with Crippen LogP contribution in [0.4, 0.5) is 0 Å². The molecule has 1 aliphatic heterocycles. The molecular weight excluding hydrogens is 274 g/mol. The predicted octanol–water partition coefficient (Wildman–Crippen LogP) is 1.24. The molecule has 6 heteroatoms. The van der Waals surface area contributed by atoms with Crippen LogP contribution >= 0.6 is 0 Å². The lowest BCUT2D eigenvalue weighted by Gasteiger charge is -2.36. The number of nitrogens with one attached hydrogen (secondary N) is 1. The first-order valence-electron chi connectivity index (χ1n) is 6.62. The molecule has 0 spiro atoms. The number of nitrogens with zero attached hydrogens (tertiary/aromatic N) is 2. The molecule has 0 saturated carbocycles. The molecule has 1 aliphatic rings. The van der Waals surface area contributed by atoms with E-state index in [0.717, 1.165) is 0 Å². The molecule has 1 aromatic rings. The van der Waals surface area contributed by atoms with Crippen molar-refractivity contribution in [3.63, 3.8) is 0 Å². The molecule has 0 radical (unpaired) electrons. The zero-order valence-electron chi connectivity index (χ0n) is 11.9. The quantitative estimate of drug-likeness (QED) is 0.890. The van der Waals surface area contributed by atoms with Crippen LogP contribution in [0.2, 0.25) is 0 Å². The third-order valence-corrected chi connectivity index (χ3v) is 5.73. The number of benzene rings is 1. The molecule has 1 N–H and O–H groups in total. The maximum Gasteiger partial charge on any atom is 0.243 e. The standard InChI is InChI=1S/C14H19N3O2S/c1-10-4-5-13(7-15)6-14(10)20(18,19)17-9-11(2)16-8-12(17)3/h4-6,11-12,16H,8-9H2,1-3H3. The van der Waals surface area contributed by atoms with Gasteiger partial charge in [-0.2, -0.15) is 9.57 Å². The third kappa shape index (κ3) is 2.70. The van der Waals surface area contributed by atoms with Gasteiger partial charge in [-0.1, -0.05) is 6.07 Å². The van der Waals surface area contributed by atoms with Crippen molar-refractivity contribution in [2.24, 2.45) is 0 Å². The van der Waals surface area contributed by atoms with Crippen molar-refractivity contribution >= 4 is 10.0 Å². The number of nitriles is 1. The van der Waals surface area contributed by atoms with Gasteiger partial charge in [-0.15, -0.1) is 0 Å². The van der Waals surface area contributed by atoms with E-state index in [1.165, 1.54) is 10.4 Å². The minimum absolute atomic E-state index is 0.0960. The van der Waals surface area contributed by atoms with E-state index < -0.39 is 10.0 Å². The van der Waals surface area contributed by atoms with Gasteiger partial charge in [0.05, 0.1) is 16.5 Å². The van der Waals surface area contributed by atoms with Crippen LogP contribution in [0.5, 0.6) is 0 Å². The van der Waals surface area contributed by atoms with Gasteiger partial charge in [0.25, 0.3) is 0 Å². The highest BCUT2D eigenvalue weighted by atomic mass is 32.2. The van der Waals surface area contributed by atoms with Crippen LogP contribution < -0.4 is 5.32 Å². The van der Waals surface area contributed by atoms with Crippen molar-refractivity contribution in [1.82, 2.24) is 9.62 Å². The molecule has 5 nitrogen and oxygen atoms in total. The summed E-state index contributed by atoms with van der Waals surface area (Å²) in [5.41, 5.74) is 1.03. The van der Waals surface area contributed by atoms with E-state index in [1.807, 2.05) is 19.9 Å². The van der Waals surface area contributed by atoms with E-state index in [2.05, 4.69) is 5.32 Å². The summed E-state index contributed by atoms with van der Waals surface area (Å²) in [6.45, 7) is 6.69. The van der Waals surface area contributed by atoms with E-state index >= 15 is 0 Å². The number of aryl methyl sites for hydroxylation is 1. The number of hydrogen-bond donors (Lipinski definition) is 1. The Morgan fingerprint density at radius 1 is 1.40 bits per heavy atom. The van der Waals surface area contributed by atoms with Crippen molar-refractivity contribution in [3.8, 4) is 6.07 Å². The highest BCUT2D eigenvalue weighted by molar-refractivity contribution is 7.89. The van der Waals surface area contributed by atoms with E-state index in [4.69, 9.17) is 5.26 Å². The monoisotopic (exact) mass is 293 g/mol. The fraction of sp³-hybridized carbons (Fsp3) is 0.500. The predicted molar refractivity (Wildman–Crippen MR) is 76.7 cm³/mol. The third-order valence-electron chi connectivity index (χ3n) is 3.61. The van der Waals surface area contributed by atoms with Crippen LogP contribution in [-0.4, -0.2) is 37.9 Å². The first kappa shape index (κ1) is 15.0. The van der Waals surface area contributed by atoms with Gasteiger partial charge in [0.1, 0.15) is 0 Å². The molecule has 1 aromatic carbocycles. The van der Waals surface area contributed by atoms with Gasteiger partial charge in [0.15, 0.2) is 0 Å². The van der Waals surface area contributed by atoms with Crippen LogP contribution in [0.1, 0.15) is 25.0 Å². The van der Waals surface area contributed by atoms with Crippen LogP contribution in [0.3, 0.4) is 0 Å². The summed E-state index contributed by atoms with van der Waals surface area (Å²) in [6, 6.07) is 6.81. The van der Waals surface area contributed by atoms with E-state index in [0.29, 0.717) is 24.2 Å². The minimum Gasteiger partial charge on any atom is -0.311 e. The van der Waals surface area contributed by atoms with E-state index in [9.17, 15) is 8.42 Å². The second kappa shape index (κ2) is 5.52. The van der Waals surface area contributed by atoms with Crippen LogP contribution in [0.25, 0.3) is 0 Å². The number of sulfonamides is 1. The Morgan fingerprint density at radius 2 is 2.10 bits per heavy atom. The fourth-order valence-electron chi connectivity index (χ4n) is 2.40. The van der Waals surface area contributed by atoms with Crippen molar-refractivity contribution in [2.45, 2.75) is 37.8 Å². The number of piperazine rings is 1. The summed E-state index contributed by atoms with van der Waals surface area (Å²) >= 11 is 0. The summed E-state index contributed by atoms with van der Waals surface area (Å²) < 4.78 is 27.2. The Balaban J connectivity index is 2.47. The second-order valence-electron chi connectivity index (χ2n) is 5.33. The van der Waals surface area contributed by atoms with Crippen LogP contribution in [0.15, 0.2) is 23.1 Å². The first-order valence-corrected chi connectivity index (χ1v) is 8.06. The molecular formula is C14H19N3O2S. The summed E-state index contributed by atoms with van der Waals surface area (Å²) in [6.07, 6.45) is 0. The summed E-state index contributed by atoms with van der Waals surface area (Å²) in [5, 5.41) is 12.2. The topological polar surface area (TPSA) is 73.2 Å². The molecule has 2 rings (SSSR count). The highest BCUT2D eigenvalue weighted by Gasteiger charge is 2.34. The van der Waals surface area contributed by atoms with Gasteiger partial charge in [-0.05, 0) is 38.5 Å². The van der Waals surface area contributed by atoms with Gasteiger partial charge < -0.3 is 5.32 Å². The minimum atomic E-state index is -3.57. The fourth-order valence-corrected chi connectivity index (χ4v) is 4.37. The van der Waals surface area contributed by atoms with Gasteiger partial charge in [-0.25, -0.2) is 8.42 Å². The molecule has 20 heavy (non-hydrogen) atoms. The van der Waals surface area contributed by atoms with Crippen molar-refractivity contribution in [2.75, 3.05) is 13.1 Å². The molecule has 0 aliphatic carbocycles. The Hall–Kier alpha value is -1.42. The van der Waals surface area contributed by atoms with Crippen LogP contribution in [-0.2, 0) is 10.0 Å². The molecule has 1 saturated heterocycles. The lowest BCUT2D eigenvalue weighted by molar-refractivity contribution is 0.244. The van der Waals surface area contributed by atoms with Crippen molar-refractivity contribution in [3.05, 3.63) is 29.3 Å². The Bertz CT molecular complexity index is 649. The molecule has 2 unspecified atom stereocenters. The average molecular weight is 293 g/mol. The Morgan fingerprint density at radius 3 is 2.75 bits per heavy atom. The van der Waals surface area contributed by atoms with Crippen LogP contribution in [0, 0.1) is 18.3 Å². The van der Waals surface area contributed by atoms with Crippen molar-refractivity contribution < 1.29 is 8.42 Å². The van der Waals surface area contributed by atoms with Gasteiger partial charge in [-0.3, -0.25) is 0 Å². The number of rotatable bonds is 2. The maximum atomic E-state index is 12.8. The zero-order chi connectivity index (χ0) is 14.9. The van der Waals surface area contributed by atoms with E-state index in [1.54, 1.807) is 19.1 Å². The molecule has 0 amide bonds. The Kier molecular flexibility index (Phi) is 4.14. The number of hydrogen-bond acceptors (Lipinski definition) is 4. The maximum absolute atomic E-state index is 12.8. The molecule has 108 valence electrons. The summed E-state index contributed by atoms with van der Waals surface area (Å²) in [7, 11) is -3.57. The molecule has 0 aromatic heterocycles. The summed E-state index contributed by atoms with van der Waals surface area (Å²) in [4.78, 5) is 0.234. The lowest BCUT2D eigenvalue weighted by Crippen LogP contribution is -2.56. The zero-order valence-corrected chi connectivity index (χ0v) is 12.7. The average Bonchev–Trinajstić information content (AvgIpc) is 2.41. The van der Waals surface area contributed by atoms with Gasteiger partial charge >= 0.3 is 0 Å². The SMILES string of the molecule is Cc1ccc(C#N)cc1S(=O)(=O)N1CC(C)NCC1C.